The Hall–Kier alpha value is -3.96. The summed E-state index contributed by atoms with van der Waals surface area (Å²) in [5.74, 6) is 1.60. The maximum atomic E-state index is 16.1. The fourth-order valence-electron chi connectivity index (χ4n) is 8.11. The number of likely N-dealkylation sites (tertiary alicyclic amines) is 1. The largest absolute Gasteiger partial charge is 0.487 e. The van der Waals surface area contributed by atoms with Crippen molar-refractivity contribution in [3.63, 3.8) is 0 Å². The molecule has 11 heteroatoms. The number of aromatic nitrogens is 2. The maximum absolute atomic E-state index is 16.1. The quantitative estimate of drug-likeness (QED) is 0.313. The van der Waals surface area contributed by atoms with Gasteiger partial charge in [-0.2, -0.15) is 0 Å². The molecule has 1 aromatic carbocycles. The molecule has 2 aromatic heterocycles. The van der Waals surface area contributed by atoms with Gasteiger partial charge in [-0.1, -0.05) is 12.8 Å². The smallest absolute Gasteiger partial charge is 0.213 e. The number of rotatable bonds is 9. The highest BCUT2D eigenvalue weighted by Gasteiger charge is 2.37. The Morgan fingerprint density at radius 2 is 1.96 bits per heavy atom. The molecular weight excluding hydrogens is 621 g/mol. The Morgan fingerprint density at radius 3 is 2.69 bits per heavy atom. The first-order valence-corrected chi connectivity index (χ1v) is 18.0. The van der Waals surface area contributed by atoms with Crippen molar-refractivity contribution in [2.45, 2.75) is 89.5 Å². The number of methoxy groups -OCH3 is 1. The first-order valence-electron chi connectivity index (χ1n) is 18.0. The van der Waals surface area contributed by atoms with Crippen LogP contribution < -0.4 is 25.1 Å². The molecule has 3 atom stereocenters. The molecular formula is C38H50FN7O3. The normalized spacial score (nSPS) is 24.4. The van der Waals surface area contributed by atoms with Crippen molar-refractivity contribution in [2.75, 3.05) is 51.8 Å². The van der Waals surface area contributed by atoms with Crippen LogP contribution >= 0.6 is 0 Å². The van der Waals surface area contributed by atoms with Crippen molar-refractivity contribution in [1.82, 2.24) is 24.7 Å². The Labute approximate surface area is 288 Å². The molecule has 4 aliphatic heterocycles. The SMILES string of the molecule is CNC1=CCC(C)(N2CCCC(N(Cc3ccnc(OC)c3)Cc3cn4c5c(c(N6CCCCCC6)c(F)cc5c3=O)OCC4C)C2)C=N1. The van der Waals surface area contributed by atoms with Crippen molar-refractivity contribution >= 4 is 22.8 Å². The second-order valence-electron chi connectivity index (χ2n) is 14.4. The van der Waals surface area contributed by atoms with Crippen LogP contribution in [0.5, 0.6) is 11.6 Å². The average Bonchev–Trinajstić information content (AvgIpc) is 3.41. The van der Waals surface area contributed by atoms with Gasteiger partial charge in [-0.3, -0.25) is 14.6 Å². The number of piperidine rings is 1. The van der Waals surface area contributed by atoms with Crippen LogP contribution in [-0.4, -0.2) is 84.1 Å². The average molecular weight is 672 g/mol. The van der Waals surface area contributed by atoms with E-state index in [9.17, 15) is 4.79 Å². The fourth-order valence-corrected chi connectivity index (χ4v) is 8.11. The standard InChI is InChI=1S/C38H50FN7O3/c1-26-24-49-37-34-30(19-31(39)35(37)43-15-7-5-6-8-16-43)36(47)28(22-46(26)34)21-44(20-27-12-14-41-33(18-27)48-4)29-10-9-17-45(23-29)38(2)13-11-32(40-3)42-25-38/h11-12,14,18-19,22,25-26,29,40H,5-10,13,15-17,20-21,23-24H2,1-4H3. The van der Waals surface area contributed by atoms with E-state index in [0.717, 1.165) is 82.5 Å². The number of nitrogens with zero attached hydrogens (tertiary/aromatic N) is 6. The molecule has 4 aliphatic rings. The van der Waals surface area contributed by atoms with Gasteiger partial charge in [-0.15, -0.1) is 0 Å². The van der Waals surface area contributed by atoms with E-state index in [1.165, 1.54) is 6.07 Å². The summed E-state index contributed by atoms with van der Waals surface area (Å²) in [7, 11) is 3.53. The zero-order valence-electron chi connectivity index (χ0n) is 29.4. The maximum Gasteiger partial charge on any atom is 0.213 e. The number of benzene rings is 1. The topological polar surface area (TPSA) is 87.5 Å². The highest BCUT2D eigenvalue weighted by atomic mass is 19.1. The highest BCUT2D eigenvalue weighted by molar-refractivity contribution is 5.92. The molecule has 0 spiro atoms. The minimum Gasteiger partial charge on any atom is -0.487 e. The molecule has 0 saturated carbocycles. The van der Waals surface area contributed by atoms with Gasteiger partial charge in [-0.05, 0) is 76.3 Å². The minimum atomic E-state index is -0.374. The van der Waals surface area contributed by atoms with Gasteiger partial charge in [0, 0.05) is 76.1 Å². The van der Waals surface area contributed by atoms with Gasteiger partial charge in [0.15, 0.2) is 17.0 Å². The van der Waals surface area contributed by atoms with Gasteiger partial charge in [0.2, 0.25) is 5.88 Å². The van der Waals surface area contributed by atoms with Crippen LogP contribution in [0.1, 0.15) is 76.0 Å². The molecule has 3 aromatic rings. The molecule has 10 nitrogen and oxygen atoms in total. The Kier molecular flexibility index (Phi) is 9.66. The molecule has 49 heavy (non-hydrogen) atoms. The molecule has 0 bridgehead atoms. The lowest BCUT2D eigenvalue weighted by atomic mass is 9.90. The van der Waals surface area contributed by atoms with Gasteiger partial charge in [-0.25, -0.2) is 14.4 Å². The van der Waals surface area contributed by atoms with E-state index in [0.29, 0.717) is 53.5 Å². The van der Waals surface area contributed by atoms with Gasteiger partial charge in [0.25, 0.3) is 0 Å². The number of hydrogen-bond acceptors (Lipinski definition) is 9. The lowest BCUT2D eigenvalue weighted by Gasteiger charge is -2.47. The van der Waals surface area contributed by atoms with Gasteiger partial charge < -0.3 is 24.3 Å². The highest BCUT2D eigenvalue weighted by Crippen LogP contribution is 2.42. The van der Waals surface area contributed by atoms with Crippen LogP contribution in [0.2, 0.25) is 0 Å². The summed E-state index contributed by atoms with van der Waals surface area (Å²) in [6.45, 7) is 9.26. The third-order valence-electron chi connectivity index (χ3n) is 11.0. The Bertz CT molecular complexity index is 1800. The second-order valence-corrected chi connectivity index (χ2v) is 14.4. The number of halogens is 1. The predicted octanol–water partition coefficient (Wildman–Crippen LogP) is 5.64. The summed E-state index contributed by atoms with van der Waals surface area (Å²) in [5, 5.41) is 3.55. The number of anilines is 1. The van der Waals surface area contributed by atoms with Gasteiger partial charge >= 0.3 is 0 Å². The van der Waals surface area contributed by atoms with Crippen LogP contribution in [0.4, 0.5) is 10.1 Å². The zero-order chi connectivity index (χ0) is 34.1. The van der Waals surface area contributed by atoms with Gasteiger partial charge in [0.1, 0.15) is 18.1 Å². The molecule has 6 heterocycles. The Morgan fingerprint density at radius 1 is 1.14 bits per heavy atom. The van der Waals surface area contributed by atoms with E-state index in [-0.39, 0.29) is 28.9 Å². The lowest BCUT2D eigenvalue weighted by Crippen LogP contribution is -2.57. The molecule has 3 unspecified atom stereocenters. The summed E-state index contributed by atoms with van der Waals surface area (Å²) in [4.78, 5) is 30.5. The monoisotopic (exact) mass is 671 g/mol. The number of ether oxygens (including phenoxy) is 2. The molecule has 262 valence electrons. The van der Waals surface area contributed by atoms with E-state index in [4.69, 9.17) is 9.47 Å². The molecule has 0 aliphatic carbocycles. The van der Waals surface area contributed by atoms with Crippen molar-refractivity contribution in [3.8, 4) is 11.6 Å². The Balaban J connectivity index is 1.26. The van der Waals surface area contributed by atoms with E-state index in [1.807, 2.05) is 25.4 Å². The number of pyridine rings is 2. The summed E-state index contributed by atoms with van der Waals surface area (Å²) in [5.41, 5.74) is 2.63. The van der Waals surface area contributed by atoms with Crippen LogP contribution in [-0.2, 0) is 13.1 Å². The van der Waals surface area contributed by atoms with Crippen molar-refractivity contribution in [2.24, 2.45) is 4.99 Å². The summed E-state index contributed by atoms with van der Waals surface area (Å²) >= 11 is 0. The first kappa shape index (κ1) is 33.5. The van der Waals surface area contributed by atoms with Crippen LogP contribution in [0.15, 0.2) is 52.3 Å². The third-order valence-corrected chi connectivity index (χ3v) is 11.0. The summed E-state index contributed by atoms with van der Waals surface area (Å²) in [6, 6.07) is 5.63. The predicted molar refractivity (Wildman–Crippen MR) is 192 cm³/mol. The van der Waals surface area contributed by atoms with Crippen molar-refractivity contribution in [1.29, 1.82) is 0 Å². The fraction of sp³-hybridized carbons (Fsp3) is 0.553. The van der Waals surface area contributed by atoms with E-state index in [1.54, 1.807) is 13.3 Å². The van der Waals surface area contributed by atoms with Crippen molar-refractivity contribution < 1.29 is 13.9 Å². The first-order chi connectivity index (χ1) is 23.8. The molecule has 7 rings (SSSR count). The molecule has 2 saturated heterocycles. The van der Waals surface area contributed by atoms with E-state index >= 15 is 4.39 Å². The summed E-state index contributed by atoms with van der Waals surface area (Å²) in [6.07, 6.45) is 15.3. The molecule has 2 fully saturated rings. The third kappa shape index (κ3) is 6.67. The van der Waals surface area contributed by atoms with Gasteiger partial charge in [0.05, 0.1) is 29.6 Å². The van der Waals surface area contributed by atoms with E-state index < -0.39 is 0 Å². The van der Waals surface area contributed by atoms with Crippen LogP contribution in [0, 0.1) is 5.82 Å². The minimum absolute atomic E-state index is 0.000899. The number of nitrogens with one attached hydrogen (secondary N) is 1. The number of hydrogen-bond donors (Lipinski definition) is 1. The second kappa shape index (κ2) is 14.1. The number of aliphatic imine (C=N–C) groups is 1. The summed E-state index contributed by atoms with van der Waals surface area (Å²) < 4.78 is 30.1. The molecule has 0 amide bonds. The zero-order valence-corrected chi connectivity index (χ0v) is 29.4. The van der Waals surface area contributed by atoms with Crippen molar-refractivity contribution in [3.05, 3.63) is 69.7 Å². The van der Waals surface area contributed by atoms with Crippen LogP contribution in [0.25, 0.3) is 10.9 Å². The molecule has 1 N–H and O–H groups in total. The molecule has 0 radical (unpaired) electrons. The van der Waals surface area contributed by atoms with E-state index in [2.05, 4.69) is 60.7 Å². The van der Waals surface area contributed by atoms with Crippen LogP contribution in [0.3, 0.4) is 0 Å². The lowest BCUT2D eigenvalue weighted by molar-refractivity contribution is 0.0496.